The molecule has 1 atom stereocenters. The number of fused-ring (bicyclic) bond motifs is 1. The second-order valence-electron chi connectivity index (χ2n) is 3.34. The highest BCUT2D eigenvalue weighted by molar-refractivity contribution is 7.76. The first kappa shape index (κ1) is 12.8. The van der Waals surface area contributed by atoms with E-state index in [2.05, 4.69) is 29.2 Å². The van der Waals surface area contributed by atoms with Crippen LogP contribution in [0.1, 0.15) is 11.3 Å². The lowest BCUT2D eigenvalue weighted by molar-refractivity contribution is 0.539. The Labute approximate surface area is 96.9 Å². The van der Waals surface area contributed by atoms with Crippen molar-refractivity contribution in [3.05, 3.63) is 41.6 Å². The van der Waals surface area contributed by atoms with Crippen molar-refractivity contribution < 1.29 is 8.76 Å². The van der Waals surface area contributed by atoms with Crippen LogP contribution in [0.25, 0.3) is 10.9 Å². The minimum atomic E-state index is -2.36. The molecule has 5 heteroatoms. The molecular formula is C11H13N2O2S-. The summed E-state index contributed by atoms with van der Waals surface area (Å²) >= 11 is -2.36. The number of nitrogens with two attached hydrogens (primary N) is 1. The van der Waals surface area contributed by atoms with Gasteiger partial charge in [0.15, 0.2) is 0 Å². The lowest BCUT2D eigenvalue weighted by atomic mass is 10.1. The monoisotopic (exact) mass is 237 g/mol. The van der Waals surface area contributed by atoms with Crippen LogP contribution in [0.5, 0.6) is 0 Å². The largest absolute Gasteiger partial charge is 0.760 e. The Hall–Kier alpha value is -1.30. The number of para-hydroxylation sites is 1. The van der Waals surface area contributed by atoms with Crippen molar-refractivity contribution in [1.82, 2.24) is 4.98 Å². The SMILES string of the molecule is Cc1cc2ccccc2nc1C.NS(=O)[O-]. The molecule has 0 saturated carbocycles. The fourth-order valence-corrected chi connectivity index (χ4v) is 1.32. The number of hydrogen-bond donors (Lipinski definition) is 1. The fraction of sp³-hybridized carbons (Fsp3) is 0.182. The smallest absolute Gasteiger partial charge is 0.0705 e. The Balaban J connectivity index is 0.000000280. The summed E-state index contributed by atoms with van der Waals surface area (Å²) < 4.78 is 17.6. The van der Waals surface area contributed by atoms with E-state index in [-0.39, 0.29) is 0 Å². The van der Waals surface area contributed by atoms with Crippen LogP contribution in [0.4, 0.5) is 0 Å². The lowest BCUT2D eigenvalue weighted by Gasteiger charge is -2.01. The van der Waals surface area contributed by atoms with E-state index in [0.29, 0.717) is 0 Å². The first-order chi connectivity index (χ1) is 7.50. The van der Waals surface area contributed by atoms with Crippen LogP contribution in [-0.4, -0.2) is 13.7 Å². The summed E-state index contributed by atoms with van der Waals surface area (Å²) in [5.41, 5.74) is 3.46. The molecule has 1 unspecified atom stereocenters. The molecule has 1 aromatic carbocycles. The highest BCUT2D eigenvalue weighted by Crippen LogP contribution is 2.14. The molecule has 2 aromatic rings. The first-order valence-corrected chi connectivity index (χ1v) is 5.81. The van der Waals surface area contributed by atoms with Crippen LogP contribution in [0.2, 0.25) is 0 Å². The molecule has 0 aliphatic heterocycles. The molecule has 86 valence electrons. The van der Waals surface area contributed by atoms with Gasteiger partial charge in [0, 0.05) is 22.3 Å². The van der Waals surface area contributed by atoms with Gasteiger partial charge in [0.05, 0.1) is 5.52 Å². The number of aromatic nitrogens is 1. The van der Waals surface area contributed by atoms with E-state index >= 15 is 0 Å². The summed E-state index contributed by atoms with van der Waals surface area (Å²) in [6.07, 6.45) is 0. The molecular weight excluding hydrogens is 224 g/mol. The second-order valence-corrected chi connectivity index (χ2v) is 3.86. The Morgan fingerprint density at radius 1 is 1.31 bits per heavy atom. The number of aryl methyl sites for hydroxylation is 2. The summed E-state index contributed by atoms with van der Waals surface area (Å²) in [5.74, 6) is 0. The third-order valence-corrected chi connectivity index (χ3v) is 2.17. The minimum absolute atomic E-state index is 1.08. The number of pyridine rings is 1. The van der Waals surface area contributed by atoms with Gasteiger partial charge in [-0.3, -0.25) is 14.3 Å². The maximum absolute atomic E-state index is 8.78. The van der Waals surface area contributed by atoms with Gasteiger partial charge in [0.1, 0.15) is 0 Å². The molecule has 0 bridgehead atoms. The number of rotatable bonds is 0. The molecule has 2 N–H and O–H groups in total. The zero-order valence-corrected chi connectivity index (χ0v) is 9.95. The molecule has 4 nitrogen and oxygen atoms in total. The molecule has 0 fully saturated rings. The Bertz CT molecular complexity index is 470. The van der Waals surface area contributed by atoms with Gasteiger partial charge in [-0.15, -0.1) is 0 Å². The first-order valence-electron chi connectivity index (χ1n) is 4.67. The zero-order valence-electron chi connectivity index (χ0n) is 9.14. The predicted octanol–water partition coefficient (Wildman–Crippen LogP) is 1.59. The maximum atomic E-state index is 8.78. The number of hydrogen-bond acceptors (Lipinski definition) is 3. The lowest BCUT2D eigenvalue weighted by Crippen LogP contribution is -1.97. The van der Waals surface area contributed by atoms with E-state index < -0.39 is 11.3 Å². The van der Waals surface area contributed by atoms with E-state index in [1.54, 1.807) is 0 Å². The summed E-state index contributed by atoms with van der Waals surface area (Å²) in [4.78, 5) is 4.48. The maximum Gasteiger partial charge on any atom is 0.0705 e. The summed E-state index contributed by atoms with van der Waals surface area (Å²) in [6, 6.07) is 10.4. The Kier molecular flexibility index (Phi) is 4.54. The van der Waals surface area contributed by atoms with Crippen molar-refractivity contribution in [3.63, 3.8) is 0 Å². The van der Waals surface area contributed by atoms with Crippen LogP contribution in [0, 0.1) is 13.8 Å². The van der Waals surface area contributed by atoms with Crippen molar-refractivity contribution in [1.29, 1.82) is 0 Å². The Morgan fingerprint density at radius 2 is 1.88 bits per heavy atom. The van der Waals surface area contributed by atoms with Gasteiger partial charge in [0.2, 0.25) is 0 Å². The van der Waals surface area contributed by atoms with Crippen molar-refractivity contribution >= 4 is 22.2 Å². The molecule has 1 heterocycles. The molecule has 16 heavy (non-hydrogen) atoms. The number of nitrogens with zero attached hydrogens (tertiary/aromatic N) is 1. The van der Waals surface area contributed by atoms with Crippen LogP contribution in [0.15, 0.2) is 30.3 Å². The highest BCUT2D eigenvalue weighted by Gasteiger charge is 1.96. The van der Waals surface area contributed by atoms with E-state index in [1.165, 1.54) is 10.9 Å². The molecule has 0 aliphatic rings. The second kappa shape index (κ2) is 5.69. The van der Waals surface area contributed by atoms with Gasteiger partial charge < -0.3 is 4.55 Å². The van der Waals surface area contributed by atoms with Crippen molar-refractivity contribution in [3.8, 4) is 0 Å². The van der Waals surface area contributed by atoms with E-state index in [4.69, 9.17) is 8.76 Å². The minimum Gasteiger partial charge on any atom is -0.760 e. The molecule has 2 rings (SSSR count). The predicted molar refractivity (Wildman–Crippen MR) is 64.3 cm³/mol. The van der Waals surface area contributed by atoms with Gasteiger partial charge in [-0.2, -0.15) is 0 Å². The van der Waals surface area contributed by atoms with Crippen molar-refractivity contribution in [2.75, 3.05) is 0 Å². The highest BCUT2D eigenvalue weighted by atomic mass is 32.2. The van der Waals surface area contributed by atoms with Gasteiger partial charge >= 0.3 is 0 Å². The van der Waals surface area contributed by atoms with E-state index in [1.807, 2.05) is 25.1 Å². The van der Waals surface area contributed by atoms with Crippen molar-refractivity contribution in [2.24, 2.45) is 5.14 Å². The third kappa shape index (κ3) is 3.69. The van der Waals surface area contributed by atoms with E-state index in [0.717, 1.165) is 11.2 Å². The van der Waals surface area contributed by atoms with Gasteiger partial charge in [-0.05, 0) is 31.5 Å². The molecule has 0 saturated heterocycles. The molecule has 0 amide bonds. The topological polar surface area (TPSA) is 79.0 Å². The number of benzene rings is 1. The van der Waals surface area contributed by atoms with Gasteiger partial charge in [-0.25, -0.2) is 0 Å². The molecule has 0 radical (unpaired) electrons. The standard InChI is InChI=1S/C11H11N.H3NO2S/c1-8-7-10-5-3-4-6-11(10)12-9(8)2;1-4(2)3/h3-7H,1-2H3;1H2,(H,2,3)/p-1. The van der Waals surface area contributed by atoms with Gasteiger partial charge in [0.25, 0.3) is 0 Å². The van der Waals surface area contributed by atoms with E-state index in [9.17, 15) is 0 Å². The average Bonchev–Trinajstić information content (AvgIpc) is 2.19. The van der Waals surface area contributed by atoms with Crippen LogP contribution >= 0.6 is 0 Å². The normalized spacial score (nSPS) is 11.8. The van der Waals surface area contributed by atoms with Crippen LogP contribution in [-0.2, 0) is 11.3 Å². The Morgan fingerprint density at radius 3 is 2.50 bits per heavy atom. The molecule has 0 spiro atoms. The van der Waals surface area contributed by atoms with Gasteiger partial charge in [-0.1, -0.05) is 18.2 Å². The average molecular weight is 237 g/mol. The summed E-state index contributed by atoms with van der Waals surface area (Å²) in [6.45, 7) is 4.14. The quantitative estimate of drug-likeness (QED) is 0.707. The summed E-state index contributed by atoms with van der Waals surface area (Å²) in [7, 11) is 0. The summed E-state index contributed by atoms with van der Waals surface area (Å²) in [5, 5.41) is 5.25. The third-order valence-electron chi connectivity index (χ3n) is 2.17. The van der Waals surface area contributed by atoms with Crippen molar-refractivity contribution in [2.45, 2.75) is 13.8 Å². The molecule has 1 aromatic heterocycles. The zero-order chi connectivity index (χ0) is 12.1. The molecule has 0 aliphatic carbocycles. The fourth-order valence-electron chi connectivity index (χ4n) is 1.32. The van der Waals surface area contributed by atoms with Crippen LogP contribution in [0.3, 0.4) is 0 Å². The van der Waals surface area contributed by atoms with Crippen LogP contribution < -0.4 is 5.14 Å².